The van der Waals surface area contributed by atoms with E-state index in [1.165, 1.54) is 12.1 Å². The normalized spacial score (nSPS) is 10.7. The summed E-state index contributed by atoms with van der Waals surface area (Å²) < 4.78 is 15.2. The van der Waals surface area contributed by atoms with E-state index >= 15 is 0 Å². The lowest BCUT2D eigenvalue weighted by Gasteiger charge is -2.05. The lowest BCUT2D eigenvalue weighted by molar-refractivity contribution is 0.625. The number of anilines is 1. The first-order chi connectivity index (χ1) is 8.19. The Morgan fingerprint density at radius 1 is 1.41 bits per heavy atom. The summed E-state index contributed by atoms with van der Waals surface area (Å²) in [5, 5.41) is 0. The molecule has 2 aromatic rings. The lowest BCUT2D eigenvalue weighted by Crippen LogP contribution is -1.97. The molecule has 1 heterocycles. The molecular formula is C12H14FN3S. The standard InChI is InChI=1S/C12H14FN3S/c1-2-16-8-15-6-11(16)7-17-12-4-9(13)3-10(14)5-12/h3-6,8H,2,7,14H2,1H3. The molecule has 0 aliphatic heterocycles. The maximum atomic E-state index is 13.1. The number of hydrogen-bond donors (Lipinski definition) is 1. The Kier molecular flexibility index (Phi) is 3.68. The van der Waals surface area contributed by atoms with E-state index in [1.807, 2.05) is 6.20 Å². The van der Waals surface area contributed by atoms with Crippen LogP contribution in [0.5, 0.6) is 0 Å². The average molecular weight is 251 g/mol. The van der Waals surface area contributed by atoms with Gasteiger partial charge >= 0.3 is 0 Å². The quantitative estimate of drug-likeness (QED) is 0.671. The Morgan fingerprint density at radius 2 is 2.24 bits per heavy atom. The van der Waals surface area contributed by atoms with Gasteiger partial charge in [-0.05, 0) is 25.1 Å². The Morgan fingerprint density at radius 3 is 2.94 bits per heavy atom. The van der Waals surface area contributed by atoms with E-state index in [4.69, 9.17) is 5.73 Å². The van der Waals surface area contributed by atoms with Crippen molar-refractivity contribution in [3.05, 3.63) is 42.2 Å². The van der Waals surface area contributed by atoms with Crippen LogP contribution in [0.4, 0.5) is 10.1 Å². The first-order valence-corrected chi connectivity index (χ1v) is 6.35. The van der Waals surface area contributed by atoms with Crippen molar-refractivity contribution in [3.8, 4) is 0 Å². The topological polar surface area (TPSA) is 43.8 Å². The van der Waals surface area contributed by atoms with Gasteiger partial charge in [0.25, 0.3) is 0 Å². The Hall–Kier alpha value is -1.49. The molecule has 1 aromatic heterocycles. The number of hydrogen-bond acceptors (Lipinski definition) is 3. The molecular weight excluding hydrogens is 237 g/mol. The van der Waals surface area contributed by atoms with Crippen LogP contribution >= 0.6 is 11.8 Å². The van der Waals surface area contributed by atoms with Crippen LogP contribution < -0.4 is 5.73 Å². The van der Waals surface area contributed by atoms with Gasteiger partial charge in [-0.1, -0.05) is 0 Å². The van der Waals surface area contributed by atoms with E-state index in [-0.39, 0.29) is 5.82 Å². The van der Waals surface area contributed by atoms with Crippen LogP contribution in [0.1, 0.15) is 12.6 Å². The van der Waals surface area contributed by atoms with Gasteiger partial charge in [-0.3, -0.25) is 0 Å². The maximum Gasteiger partial charge on any atom is 0.126 e. The molecule has 5 heteroatoms. The van der Waals surface area contributed by atoms with Gasteiger partial charge in [0.15, 0.2) is 0 Å². The summed E-state index contributed by atoms with van der Waals surface area (Å²) in [6.07, 6.45) is 3.63. The number of nitrogens with zero attached hydrogens (tertiary/aromatic N) is 2. The molecule has 0 unspecified atom stereocenters. The van der Waals surface area contributed by atoms with Gasteiger partial charge < -0.3 is 10.3 Å². The molecule has 0 aliphatic carbocycles. The molecule has 90 valence electrons. The van der Waals surface area contributed by atoms with Crippen LogP contribution in [0, 0.1) is 5.82 Å². The minimum absolute atomic E-state index is 0.295. The molecule has 0 saturated carbocycles. The maximum absolute atomic E-state index is 13.1. The third kappa shape index (κ3) is 3.00. The number of nitrogen functional groups attached to an aromatic ring is 1. The van der Waals surface area contributed by atoms with Gasteiger partial charge in [0.2, 0.25) is 0 Å². The summed E-state index contributed by atoms with van der Waals surface area (Å²) in [6, 6.07) is 4.59. The zero-order valence-electron chi connectivity index (χ0n) is 9.56. The average Bonchev–Trinajstić information content (AvgIpc) is 2.72. The first kappa shape index (κ1) is 12.0. The fourth-order valence-corrected chi connectivity index (χ4v) is 2.55. The molecule has 3 nitrogen and oxygen atoms in total. The second-order valence-corrected chi connectivity index (χ2v) is 4.73. The van der Waals surface area contributed by atoms with Gasteiger partial charge in [0, 0.05) is 34.8 Å². The highest BCUT2D eigenvalue weighted by atomic mass is 32.2. The van der Waals surface area contributed by atoms with E-state index in [0.717, 1.165) is 22.9 Å². The van der Waals surface area contributed by atoms with Crippen molar-refractivity contribution < 1.29 is 4.39 Å². The number of aromatic nitrogens is 2. The van der Waals surface area contributed by atoms with Crippen LogP contribution in [-0.4, -0.2) is 9.55 Å². The molecule has 0 spiro atoms. The molecule has 2 N–H and O–H groups in total. The van der Waals surface area contributed by atoms with Gasteiger partial charge in [-0.2, -0.15) is 0 Å². The molecule has 0 atom stereocenters. The summed E-state index contributed by atoms with van der Waals surface area (Å²) in [6.45, 7) is 2.96. The largest absolute Gasteiger partial charge is 0.399 e. The number of aryl methyl sites for hydroxylation is 1. The Labute approximate surface area is 104 Å². The summed E-state index contributed by atoms with van der Waals surface area (Å²) in [7, 11) is 0. The zero-order chi connectivity index (χ0) is 12.3. The number of imidazole rings is 1. The minimum Gasteiger partial charge on any atom is -0.399 e. The van der Waals surface area contributed by atoms with Crippen molar-refractivity contribution in [3.63, 3.8) is 0 Å². The molecule has 0 bridgehead atoms. The lowest BCUT2D eigenvalue weighted by atomic mass is 10.3. The van der Waals surface area contributed by atoms with Crippen molar-refractivity contribution >= 4 is 17.4 Å². The molecule has 1 aromatic carbocycles. The fourth-order valence-electron chi connectivity index (χ4n) is 1.58. The number of halogens is 1. The van der Waals surface area contributed by atoms with Crippen LogP contribution in [0.3, 0.4) is 0 Å². The molecule has 0 fully saturated rings. The summed E-state index contributed by atoms with van der Waals surface area (Å²) in [5.41, 5.74) is 7.17. The van der Waals surface area contributed by atoms with Gasteiger partial charge in [0.1, 0.15) is 5.82 Å². The van der Waals surface area contributed by atoms with E-state index in [2.05, 4.69) is 16.5 Å². The third-order valence-corrected chi connectivity index (χ3v) is 3.43. The highest BCUT2D eigenvalue weighted by Crippen LogP contribution is 2.25. The van der Waals surface area contributed by atoms with Crippen molar-refractivity contribution in [2.24, 2.45) is 0 Å². The predicted molar refractivity (Wildman–Crippen MR) is 68.3 cm³/mol. The molecule has 0 amide bonds. The third-order valence-electron chi connectivity index (χ3n) is 2.42. The van der Waals surface area contributed by atoms with Crippen LogP contribution in [0.15, 0.2) is 35.6 Å². The predicted octanol–water partition coefficient (Wildman–Crippen LogP) is 2.92. The monoisotopic (exact) mass is 251 g/mol. The van der Waals surface area contributed by atoms with Crippen molar-refractivity contribution in [1.29, 1.82) is 0 Å². The summed E-state index contributed by atoms with van der Waals surface area (Å²) in [5.74, 6) is 0.466. The van der Waals surface area contributed by atoms with Crippen molar-refractivity contribution in [2.45, 2.75) is 24.1 Å². The van der Waals surface area contributed by atoms with Crippen LogP contribution in [-0.2, 0) is 12.3 Å². The van der Waals surface area contributed by atoms with E-state index in [1.54, 1.807) is 24.2 Å². The molecule has 17 heavy (non-hydrogen) atoms. The number of thioether (sulfide) groups is 1. The number of benzene rings is 1. The molecule has 0 saturated heterocycles. The van der Waals surface area contributed by atoms with Crippen molar-refractivity contribution in [1.82, 2.24) is 9.55 Å². The first-order valence-electron chi connectivity index (χ1n) is 5.37. The Bertz CT molecular complexity index is 490. The Balaban J connectivity index is 2.07. The number of rotatable bonds is 4. The fraction of sp³-hybridized carbons (Fsp3) is 0.250. The van der Waals surface area contributed by atoms with E-state index < -0.39 is 0 Å². The molecule has 0 radical (unpaired) electrons. The second kappa shape index (κ2) is 5.23. The minimum atomic E-state index is -0.295. The van der Waals surface area contributed by atoms with Crippen LogP contribution in [0.25, 0.3) is 0 Å². The van der Waals surface area contributed by atoms with Crippen molar-refractivity contribution in [2.75, 3.05) is 5.73 Å². The van der Waals surface area contributed by atoms with E-state index in [0.29, 0.717) is 5.69 Å². The molecule has 2 rings (SSSR count). The molecule has 0 aliphatic rings. The van der Waals surface area contributed by atoms with Gasteiger partial charge in [-0.15, -0.1) is 11.8 Å². The second-order valence-electron chi connectivity index (χ2n) is 3.68. The summed E-state index contributed by atoms with van der Waals surface area (Å²) >= 11 is 1.56. The SMILES string of the molecule is CCn1cncc1CSc1cc(N)cc(F)c1. The van der Waals surface area contributed by atoms with E-state index in [9.17, 15) is 4.39 Å². The zero-order valence-corrected chi connectivity index (χ0v) is 10.4. The highest BCUT2D eigenvalue weighted by Gasteiger charge is 2.03. The van der Waals surface area contributed by atoms with Gasteiger partial charge in [0.05, 0.1) is 6.33 Å². The summed E-state index contributed by atoms with van der Waals surface area (Å²) in [4.78, 5) is 4.93. The number of nitrogens with two attached hydrogens (primary N) is 1. The van der Waals surface area contributed by atoms with Gasteiger partial charge in [-0.25, -0.2) is 9.37 Å². The van der Waals surface area contributed by atoms with Crippen LogP contribution in [0.2, 0.25) is 0 Å². The highest BCUT2D eigenvalue weighted by molar-refractivity contribution is 7.98. The smallest absolute Gasteiger partial charge is 0.126 e.